The van der Waals surface area contributed by atoms with Crippen LogP contribution < -0.4 is 10.6 Å². The van der Waals surface area contributed by atoms with Crippen molar-refractivity contribution in [2.24, 2.45) is 0 Å². The van der Waals surface area contributed by atoms with Crippen molar-refractivity contribution < 1.29 is 18.0 Å². The first-order chi connectivity index (χ1) is 12.5. The lowest BCUT2D eigenvalue weighted by atomic mass is 10.2. The van der Waals surface area contributed by atoms with Crippen LogP contribution in [-0.2, 0) is 21.4 Å². The van der Waals surface area contributed by atoms with E-state index in [4.69, 9.17) is 0 Å². The maximum atomic E-state index is 12.7. The molecule has 0 aromatic heterocycles. The second kappa shape index (κ2) is 7.67. The minimum atomic E-state index is -3.83. The monoisotopic (exact) mass is 373 g/mol. The maximum absolute atomic E-state index is 12.7. The molecule has 3 rings (SSSR count). The highest BCUT2D eigenvalue weighted by Gasteiger charge is 2.29. The molecule has 0 saturated carbocycles. The van der Waals surface area contributed by atoms with Crippen molar-refractivity contribution in [1.82, 2.24) is 14.9 Å². The second-order valence-electron chi connectivity index (χ2n) is 5.88. The van der Waals surface area contributed by atoms with Gasteiger partial charge in [-0.2, -0.15) is 4.31 Å². The Kier molecular flexibility index (Phi) is 5.34. The van der Waals surface area contributed by atoms with Crippen molar-refractivity contribution in [2.45, 2.75) is 11.4 Å². The van der Waals surface area contributed by atoms with Gasteiger partial charge in [-0.3, -0.25) is 9.59 Å². The Bertz CT molecular complexity index is 913. The number of nitrogens with zero attached hydrogens (tertiary/aromatic N) is 1. The number of benzene rings is 2. The van der Waals surface area contributed by atoms with E-state index in [2.05, 4.69) is 10.6 Å². The van der Waals surface area contributed by atoms with E-state index in [0.29, 0.717) is 6.54 Å². The van der Waals surface area contributed by atoms with Crippen LogP contribution in [0.5, 0.6) is 0 Å². The van der Waals surface area contributed by atoms with E-state index >= 15 is 0 Å². The van der Waals surface area contributed by atoms with Crippen LogP contribution in [-0.4, -0.2) is 44.2 Å². The number of piperazine rings is 1. The third kappa shape index (κ3) is 4.09. The highest BCUT2D eigenvalue weighted by molar-refractivity contribution is 7.89. The molecule has 0 radical (unpaired) electrons. The zero-order valence-electron chi connectivity index (χ0n) is 14.0. The summed E-state index contributed by atoms with van der Waals surface area (Å²) in [6, 6.07) is 15.3. The van der Waals surface area contributed by atoms with E-state index < -0.39 is 10.0 Å². The number of hydrogen-bond donors (Lipinski definition) is 2. The van der Waals surface area contributed by atoms with Crippen molar-refractivity contribution in [3.05, 3.63) is 65.7 Å². The largest absolute Gasteiger partial charge is 0.354 e. The maximum Gasteiger partial charge on any atom is 0.251 e. The van der Waals surface area contributed by atoms with Crippen LogP contribution in [0.3, 0.4) is 0 Å². The van der Waals surface area contributed by atoms with Gasteiger partial charge in [-0.05, 0) is 23.8 Å². The van der Waals surface area contributed by atoms with E-state index in [1.807, 2.05) is 30.3 Å². The summed E-state index contributed by atoms with van der Waals surface area (Å²) in [6.07, 6.45) is 0. The molecule has 26 heavy (non-hydrogen) atoms. The highest BCUT2D eigenvalue weighted by Crippen LogP contribution is 2.18. The Morgan fingerprint density at radius 3 is 2.62 bits per heavy atom. The van der Waals surface area contributed by atoms with Gasteiger partial charge in [0.25, 0.3) is 5.91 Å². The van der Waals surface area contributed by atoms with Gasteiger partial charge in [0.15, 0.2) is 0 Å². The van der Waals surface area contributed by atoms with Crippen molar-refractivity contribution in [1.29, 1.82) is 0 Å². The van der Waals surface area contributed by atoms with Crippen LogP contribution in [0.15, 0.2) is 59.5 Å². The number of rotatable bonds is 5. The van der Waals surface area contributed by atoms with Crippen molar-refractivity contribution in [3.8, 4) is 0 Å². The van der Waals surface area contributed by atoms with Crippen molar-refractivity contribution in [3.63, 3.8) is 0 Å². The molecule has 0 aliphatic carbocycles. The van der Waals surface area contributed by atoms with Gasteiger partial charge in [-0.1, -0.05) is 36.4 Å². The third-order valence-electron chi connectivity index (χ3n) is 4.03. The Morgan fingerprint density at radius 2 is 1.88 bits per heavy atom. The number of sulfonamides is 1. The Hall–Kier alpha value is -2.71. The summed E-state index contributed by atoms with van der Waals surface area (Å²) in [5, 5.41) is 5.36. The first-order valence-electron chi connectivity index (χ1n) is 8.16. The Labute approximate surface area is 152 Å². The molecule has 0 bridgehead atoms. The van der Waals surface area contributed by atoms with Gasteiger partial charge in [0.05, 0.1) is 11.4 Å². The average molecular weight is 373 g/mol. The smallest absolute Gasteiger partial charge is 0.251 e. The molecule has 1 heterocycles. The fourth-order valence-electron chi connectivity index (χ4n) is 2.65. The molecule has 0 spiro atoms. The lowest BCUT2D eigenvalue weighted by Gasteiger charge is -2.26. The minimum absolute atomic E-state index is 0.000406. The first kappa shape index (κ1) is 18.1. The minimum Gasteiger partial charge on any atom is -0.354 e. The van der Waals surface area contributed by atoms with Gasteiger partial charge >= 0.3 is 0 Å². The molecule has 1 saturated heterocycles. The molecule has 136 valence electrons. The van der Waals surface area contributed by atoms with Crippen molar-refractivity contribution >= 4 is 21.8 Å². The predicted molar refractivity (Wildman–Crippen MR) is 95.8 cm³/mol. The summed E-state index contributed by atoms with van der Waals surface area (Å²) in [6.45, 7) is 0.615. The van der Waals surface area contributed by atoms with E-state index in [1.54, 1.807) is 6.07 Å². The number of hydrogen-bond acceptors (Lipinski definition) is 4. The van der Waals surface area contributed by atoms with Gasteiger partial charge in [0, 0.05) is 25.2 Å². The molecule has 0 unspecified atom stereocenters. The zero-order chi connectivity index (χ0) is 18.6. The summed E-state index contributed by atoms with van der Waals surface area (Å²) < 4.78 is 26.5. The van der Waals surface area contributed by atoms with Crippen LogP contribution in [0, 0.1) is 0 Å². The summed E-state index contributed by atoms with van der Waals surface area (Å²) in [5.74, 6) is -0.695. The average Bonchev–Trinajstić information content (AvgIpc) is 2.67. The van der Waals surface area contributed by atoms with Crippen LogP contribution in [0.25, 0.3) is 0 Å². The standard InChI is InChI=1S/C18H19N3O4S/c22-17-13-21(10-9-19-17)26(24,25)16-8-4-7-15(11-16)18(23)20-12-14-5-2-1-3-6-14/h1-8,11H,9-10,12-13H2,(H,19,22)(H,20,23). The molecule has 7 nitrogen and oxygen atoms in total. The predicted octanol–water partition coefficient (Wildman–Crippen LogP) is 0.737. The second-order valence-corrected chi connectivity index (χ2v) is 7.82. The van der Waals surface area contributed by atoms with E-state index in [0.717, 1.165) is 9.87 Å². The number of carbonyl (C=O) groups excluding carboxylic acids is 2. The molecule has 2 aromatic rings. The Morgan fingerprint density at radius 1 is 1.12 bits per heavy atom. The van der Waals surface area contributed by atoms with Crippen LogP contribution in [0.2, 0.25) is 0 Å². The van der Waals surface area contributed by atoms with Gasteiger partial charge in [-0.15, -0.1) is 0 Å². The van der Waals surface area contributed by atoms with E-state index in [1.165, 1.54) is 18.2 Å². The normalized spacial score (nSPS) is 15.3. The van der Waals surface area contributed by atoms with Gasteiger partial charge in [-0.25, -0.2) is 8.42 Å². The molecule has 2 N–H and O–H groups in total. The molecule has 1 aliphatic heterocycles. The van der Waals surface area contributed by atoms with Gasteiger partial charge in [0.2, 0.25) is 15.9 Å². The first-order valence-corrected chi connectivity index (χ1v) is 9.60. The SMILES string of the molecule is O=C1CN(S(=O)(=O)c2cccc(C(=O)NCc3ccccc3)c2)CCN1. The highest BCUT2D eigenvalue weighted by atomic mass is 32.2. The molecule has 1 aliphatic rings. The number of nitrogens with one attached hydrogen (secondary N) is 2. The lowest BCUT2D eigenvalue weighted by molar-refractivity contribution is -0.122. The summed E-state index contributed by atoms with van der Waals surface area (Å²) in [5.41, 5.74) is 1.20. The van der Waals surface area contributed by atoms with Crippen molar-refractivity contribution in [2.75, 3.05) is 19.6 Å². The number of amides is 2. The van der Waals surface area contributed by atoms with Gasteiger partial charge in [0.1, 0.15) is 0 Å². The Balaban J connectivity index is 1.75. The summed E-state index contributed by atoms with van der Waals surface area (Å²) in [4.78, 5) is 23.8. The lowest BCUT2D eigenvalue weighted by Crippen LogP contribution is -2.49. The third-order valence-corrected chi connectivity index (χ3v) is 5.87. The fourth-order valence-corrected chi connectivity index (χ4v) is 4.09. The molecule has 1 fully saturated rings. The fraction of sp³-hybridized carbons (Fsp3) is 0.222. The zero-order valence-corrected chi connectivity index (χ0v) is 14.8. The van der Waals surface area contributed by atoms with E-state index in [-0.39, 0.29) is 41.9 Å². The van der Waals surface area contributed by atoms with E-state index in [9.17, 15) is 18.0 Å². The molecule has 2 amide bonds. The van der Waals surface area contributed by atoms with Gasteiger partial charge < -0.3 is 10.6 Å². The molecule has 2 aromatic carbocycles. The van der Waals surface area contributed by atoms with Crippen LogP contribution >= 0.6 is 0 Å². The molecular formula is C18H19N3O4S. The van der Waals surface area contributed by atoms with Crippen LogP contribution in [0.1, 0.15) is 15.9 Å². The molecule has 0 atom stereocenters. The summed E-state index contributed by atoms with van der Waals surface area (Å²) in [7, 11) is -3.83. The summed E-state index contributed by atoms with van der Waals surface area (Å²) >= 11 is 0. The number of carbonyl (C=O) groups is 2. The topological polar surface area (TPSA) is 95.6 Å². The molecular weight excluding hydrogens is 354 g/mol. The van der Waals surface area contributed by atoms with Crippen LogP contribution in [0.4, 0.5) is 0 Å². The molecule has 8 heteroatoms. The quantitative estimate of drug-likeness (QED) is 0.808.